The topological polar surface area (TPSA) is 50.8 Å². The van der Waals surface area contributed by atoms with E-state index >= 15 is 0 Å². The SMILES string of the molecule is COc1ccc(NC(=O)C(c2ccccc2)N2CCOC(C)(C)C2)cc1. The number of methoxy groups -OCH3 is 1. The minimum Gasteiger partial charge on any atom is -0.497 e. The molecule has 0 radical (unpaired) electrons. The lowest BCUT2D eigenvalue weighted by atomic mass is 10.00. The third-order valence-electron chi connectivity index (χ3n) is 4.54. The van der Waals surface area contributed by atoms with Gasteiger partial charge in [0.05, 0.1) is 19.3 Å². The highest BCUT2D eigenvalue weighted by atomic mass is 16.5. The Kier molecular flexibility index (Phi) is 5.59. The molecule has 0 aliphatic carbocycles. The number of rotatable bonds is 5. The van der Waals surface area contributed by atoms with Gasteiger partial charge >= 0.3 is 0 Å². The molecule has 1 unspecified atom stereocenters. The molecule has 2 aromatic carbocycles. The molecule has 1 amide bonds. The van der Waals surface area contributed by atoms with Gasteiger partial charge in [0.15, 0.2) is 0 Å². The van der Waals surface area contributed by atoms with Gasteiger partial charge in [-0.2, -0.15) is 0 Å². The monoisotopic (exact) mass is 354 g/mol. The van der Waals surface area contributed by atoms with Gasteiger partial charge < -0.3 is 14.8 Å². The van der Waals surface area contributed by atoms with Crippen molar-refractivity contribution in [2.24, 2.45) is 0 Å². The van der Waals surface area contributed by atoms with E-state index < -0.39 is 0 Å². The van der Waals surface area contributed by atoms with Crippen LogP contribution < -0.4 is 10.1 Å². The van der Waals surface area contributed by atoms with Gasteiger partial charge in [-0.3, -0.25) is 9.69 Å². The van der Waals surface area contributed by atoms with E-state index in [-0.39, 0.29) is 17.6 Å². The molecule has 1 atom stereocenters. The first-order valence-corrected chi connectivity index (χ1v) is 8.86. The average molecular weight is 354 g/mol. The zero-order valence-corrected chi connectivity index (χ0v) is 15.6. The molecule has 1 heterocycles. The molecule has 0 bridgehead atoms. The lowest BCUT2D eigenvalue weighted by Crippen LogP contribution is -2.51. The summed E-state index contributed by atoms with van der Waals surface area (Å²) in [5, 5.41) is 3.04. The fraction of sp³-hybridized carbons (Fsp3) is 0.381. The zero-order chi connectivity index (χ0) is 18.6. The van der Waals surface area contributed by atoms with Crippen LogP contribution in [0.1, 0.15) is 25.5 Å². The predicted molar refractivity (Wildman–Crippen MR) is 102 cm³/mol. The number of amides is 1. The highest BCUT2D eigenvalue weighted by Gasteiger charge is 2.35. The number of carbonyl (C=O) groups excluding carboxylic acids is 1. The molecule has 5 heteroatoms. The van der Waals surface area contributed by atoms with Gasteiger partial charge in [0, 0.05) is 18.8 Å². The third-order valence-corrected chi connectivity index (χ3v) is 4.54. The maximum atomic E-state index is 13.2. The molecule has 1 N–H and O–H groups in total. The summed E-state index contributed by atoms with van der Waals surface area (Å²) >= 11 is 0. The summed E-state index contributed by atoms with van der Waals surface area (Å²) in [4.78, 5) is 15.3. The second kappa shape index (κ2) is 7.89. The van der Waals surface area contributed by atoms with Gasteiger partial charge in [-0.15, -0.1) is 0 Å². The van der Waals surface area contributed by atoms with E-state index in [2.05, 4.69) is 24.1 Å². The fourth-order valence-corrected chi connectivity index (χ4v) is 3.32. The Balaban J connectivity index is 1.83. The summed E-state index contributed by atoms with van der Waals surface area (Å²) < 4.78 is 11.0. The van der Waals surface area contributed by atoms with Crippen LogP contribution in [0.15, 0.2) is 54.6 Å². The molecule has 1 saturated heterocycles. The molecule has 3 rings (SSSR count). The van der Waals surface area contributed by atoms with Crippen LogP contribution in [0.5, 0.6) is 5.75 Å². The summed E-state index contributed by atoms with van der Waals surface area (Å²) in [5.41, 5.74) is 1.46. The molecule has 1 aliphatic heterocycles. The number of ether oxygens (including phenoxy) is 2. The molecule has 1 aliphatic rings. The van der Waals surface area contributed by atoms with Crippen molar-refractivity contribution >= 4 is 11.6 Å². The van der Waals surface area contributed by atoms with Crippen molar-refractivity contribution in [3.8, 4) is 5.75 Å². The van der Waals surface area contributed by atoms with Gasteiger partial charge in [0.1, 0.15) is 11.8 Å². The Morgan fingerprint density at radius 1 is 1.15 bits per heavy atom. The van der Waals surface area contributed by atoms with Crippen LogP contribution in [-0.4, -0.2) is 43.2 Å². The molecular weight excluding hydrogens is 328 g/mol. The molecule has 26 heavy (non-hydrogen) atoms. The maximum Gasteiger partial charge on any atom is 0.246 e. The van der Waals surface area contributed by atoms with Crippen molar-refractivity contribution in [2.75, 3.05) is 32.1 Å². The molecule has 0 saturated carbocycles. The minimum absolute atomic E-state index is 0.0425. The van der Waals surface area contributed by atoms with Crippen LogP contribution in [0.3, 0.4) is 0 Å². The van der Waals surface area contributed by atoms with Crippen molar-refractivity contribution in [1.82, 2.24) is 4.90 Å². The van der Waals surface area contributed by atoms with Crippen LogP contribution in [0.4, 0.5) is 5.69 Å². The van der Waals surface area contributed by atoms with Crippen molar-refractivity contribution in [3.63, 3.8) is 0 Å². The normalized spacial score (nSPS) is 18.1. The third kappa shape index (κ3) is 4.42. The van der Waals surface area contributed by atoms with Crippen LogP contribution >= 0.6 is 0 Å². The molecule has 0 spiro atoms. The van der Waals surface area contributed by atoms with Crippen LogP contribution in [0.2, 0.25) is 0 Å². The highest BCUT2D eigenvalue weighted by molar-refractivity contribution is 5.95. The number of hydrogen-bond donors (Lipinski definition) is 1. The Hall–Kier alpha value is -2.37. The van der Waals surface area contributed by atoms with Crippen LogP contribution in [0, 0.1) is 0 Å². The van der Waals surface area contributed by atoms with Crippen LogP contribution in [-0.2, 0) is 9.53 Å². The first-order valence-electron chi connectivity index (χ1n) is 8.86. The Bertz CT molecular complexity index is 729. The lowest BCUT2D eigenvalue weighted by molar-refractivity contribution is -0.131. The van der Waals surface area contributed by atoms with E-state index in [1.54, 1.807) is 7.11 Å². The Morgan fingerprint density at radius 2 is 1.85 bits per heavy atom. The number of anilines is 1. The average Bonchev–Trinajstić information content (AvgIpc) is 2.63. The lowest BCUT2D eigenvalue weighted by Gasteiger charge is -2.41. The minimum atomic E-state index is -0.360. The highest BCUT2D eigenvalue weighted by Crippen LogP contribution is 2.28. The maximum absolute atomic E-state index is 13.2. The molecule has 0 aromatic heterocycles. The van der Waals surface area contributed by atoms with E-state index in [1.165, 1.54) is 0 Å². The first kappa shape index (κ1) is 18.4. The van der Waals surface area contributed by atoms with Gasteiger partial charge in [-0.1, -0.05) is 30.3 Å². The quantitative estimate of drug-likeness (QED) is 0.893. The number of morpholine rings is 1. The Labute approximate surface area is 154 Å². The van der Waals surface area contributed by atoms with E-state index in [0.29, 0.717) is 13.2 Å². The number of hydrogen-bond acceptors (Lipinski definition) is 4. The molecule has 5 nitrogen and oxygen atoms in total. The predicted octanol–water partition coefficient (Wildman–Crippen LogP) is 3.49. The van der Waals surface area contributed by atoms with Crippen LogP contribution in [0.25, 0.3) is 0 Å². The van der Waals surface area contributed by atoms with Crippen molar-refractivity contribution in [2.45, 2.75) is 25.5 Å². The van der Waals surface area contributed by atoms with E-state index in [4.69, 9.17) is 9.47 Å². The van der Waals surface area contributed by atoms with Crippen molar-refractivity contribution in [3.05, 3.63) is 60.2 Å². The zero-order valence-electron chi connectivity index (χ0n) is 15.6. The summed E-state index contributed by atoms with van der Waals surface area (Å²) in [6, 6.07) is 16.9. The summed E-state index contributed by atoms with van der Waals surface area (Å²) in [5.74, 6) is 0.719. The molecule has 1 fully saturated rings. The fourth-order valence-electron chi connectivity index (χ4n) is 3.32. The largest absolute Gasteiger partial charge is 0.497 e. The number of benzene rings is 2. The number of nitrogens with one attached hydrogen (secondary N) is 1. The molecule has 2 aromatic rings. The van der Waals surface area contributed by atoms with Gasteiger partial charge in [0.2, 0.25) is 5.91 Å². The Morgan fingerprint density at radius 3 is 2.46 bits per heavy atom. The molecular formula is C21H26N2O3. The summed E-state index contributed by atoms with van der Waals surface area (Å²) in [7, 11) is 1.62. The summed E-state index contributed by atoms with van der Waals surface area (Å²) in [6.07, 6.45) is 0. The first-order chi connectivity index (χ1) is 12.5. The summed E-state index contributed by atoms with van der Waals surface area (Å²) in [6.45, 7) is 6.15. The second-order valence-electron chi connectivity index (χ2n) is 7.11. The van der Waals surface area contributed by atoms with Gasteiger partial charge in [-0.25, -0.2) is 0 Å². The van der Waals surface area contributed by atoms with Gasteiger partial charge in [-0.05, 0) is 43.7 Å². The van der Waals surface area contributed by atoms with Crippen molar-refractivity contribution < 1.29 is 14.3 Å². The smallest absolute Gasteiger partial charge is 0.246 e. The standard InChI is InChI=1S/C21H26N2O3/c1-21(2)15-23(13-14-26-21)19(16-7-5-4-6-8-16)20(24)22-17-9-11-18(25-3)12-10-17/h4-12,19H,13-15H2,1-3H3,(H,22,24). The van der Waals surface area contributed by atoms with Gasteiger partial charge in [0.25, 0.3) is 0 Å². The van der Waals surface area contributed by atoms with Crippen molar-refractivity contribution in [1.29, 1.82) is 0 Å². The van der Waals surface area contributed by atoms with E-state index in [9.17, 15) is 4.79 Å². The second-order valence-corrected chi connectivity index (χ2v) is 7.11. The number of nitrogens with zero attached hydrogens (tertiary/aromatic N) is 1. The van der Waals surface area contributed by atoms with E-state index in [0.717, 1.165) is 23.5 Å². The molecule has 138 valence electrons. The van der Waals surface area contributed by atoms with E-state index in [1.807, 2.05) is 54.6 Å². The number of carbonyl (C=O) groups is 1.